The van der Waals surface area contributed by atoms with Crippen molar-refractivity contribution >= 4 is 11.8 Å². The maximum atomic E-state index is 5.26. The fraction of sp³-hybridized carbons (Fsp3) is 0.333. The number of nitrogens with two attached hydrogens (primary N) is 1. The van der Waals surface area contributed by atoms with Gasteiger partial charge in [-0.1, -0.05) is 5.16 Å². The molecule has 0 spiro atoms. The largest absolute Gasteiger partial charge is 0.369 e. The van der Waals surface area contributed by atoms with Crippen LogP contribution in [0.1, 0.15) is 11.6 Å². The van der Waals surface area contributed by atoms with Crippen molar-refractivity contribution in [2.45, 2.75) is 13.3 Å². The third-order valence-electron chi connectivity index (χ3n) is 2.04. The van der Waals surface area contributed by atoms with E-state index in [1.165, 1.54) is 6.33 Å². The van der Waals surface area contributed by atoms with Crippen molar-refractivity contribution in [2.75, 3.05) is 17.3 Å². The SMILES string of the molecule is Cc1cc(NCCc2ncno2)nc(NN)n1. The Bertz CT molecular complexity index is 470. The van der Waals surface area contributed by atoms with Crippen LogP contribution in [0.4, 0.5) is 11.8 Å². The highest BCUT2D eigenvalue weighted by atomic mass is 16.5. The molecular weight excluding hydrogens is 222 g/mol. The summed E-state index contributed by atoms with van der Waals surface area (Å²) < 4.78 is 4.87. The van der Waals surface area contributed by atoms with E-state index in [2.05, 4.69) is 30.9 Å². The first-order chi connectivity index (χ1) is 8.28. The van der Waals surface area contributed by atoms with Gasteiger partial charge in [-0.2, -0.15) is 9.97 Å². The summed E-state index contributed by atoms with van der Waals surface area (Å²) in [6.45, 7) is 2.51. The Labute approximate surface area is 97.6 Å². The molecule has 90 valence electrons. The monoisotopic (exact) mass is 235 g/mol. The number of hydrazine groups is 1. The molecule has 0 saturated heterocycles. The van der Waals surface area contributed by atoms with Crippen molar-refractivity contribution < 1.29 is 4.52 Å². The van der Waals surface area contributed by atoms with Gasteiger partial charge in [0.1, 0.15) is 5.82 Å². The molecule has 2 heterocycles. The van der Waals surface area contributed by atoms with Gasteiger partial charge in [-0.05, 0) is 6.92 Å². The van der Waals surface area contributed by atoms with Gasteiger partial charge in [-0.25, -0.2) is 10.8 Å². The van der Waals surface area contributed by atoms with Crippen LogP contribution in [0.5, 0.6) is 0 Å². The van der Waals surface area contributed by atoms with Crippen LogP contribution >= 0.6 is 0 Å². The number of anilines is 2. The molecule has 0 fully saturated rings. The Morgan fingerprint density at radius 3 is 3.00 bits per heavy atom. The molecule has 17 heavy (non-hydrogen) atoms. The summed E-state index contributed by atoms with van der Waals surface area (Å²) in [5.41, 5.74) is 3.24. The van der Waals surface area contributed by atoms with E-state index in [1.54, 1.807) is 0 Å². The molecule has 0 saturated carbocycles. The van der Waals surface area contributed by atoms with Crippen LogP contribution in [-0.2, 0) is 6.42 Å². The van der Waals surface area contributed by atoms with Gasteiger partial charge in [0.25, 0.3) is 0 Å². The predicted octanol–water partition coefficient (Wildman–Crippen LogP) is 0.108. The minimum absolute atomic E-state index is 0.380. The van der Waals surface area contributed by atoms with E-state index in [0.717, 1.165) is 5.69 Å². The van der Waals surface area contributed by atoms with Gasteiger partial charge in [0.2, 0.25) is 11.8 Å². The average Bonchev–Trinajstić information content (AvgIpc) is 2.81. The number of aromatic nitrogens is 4. The first kappa shape index (κ1) is 11.3. The topological polar surface area (TPSA) is 115 Å². The highest BCUT2D eigenvalue weighted by Crippen LogP contribution is 2.08. The molecule has 0 unspecified atom stereocenters. The van der Waals surface area contributed by atoms with Gasteiger partial charge in [0, 0.05) is 24.7 Å². The molecule has 2 aromatic heterocycles. The van der Waals surface area contributed by atoms with E-state index in [0.29, 0.717) is 30.6 Å². The van der Waals surface area contributed by atoms with E-state index >= 15 is 0 Å². The molecule has 0 radical (unpaired) electrons. The average molecular weight is 235 g/mol. The summed E-state index contributed by atoms with van der Waals surface area (Å²) in [4.78, 5) is 12.1. The molecule has 8 heteroatoms. The van der Waals surface area contributed by atoms with E-state index < -0.39 is 0 Å². The summed E-state index contributed by atoms with van der Waals surface area (Å²) in [7, 11) is 0. The lowest BCUT2D eigenvalue weighted by Gasteiger charge is -2.06. The first-order valence-electron chi connectivity index (χ1n) is 5.09. The van der Waals surface area contributed by atoms with Gasteiger partial charge >= 0.3 is 0 Å². The minimum Gasteiger partial charge on any atom is -0.369 e. The Balaban J connectivity index is 1.92. The number of nitrogens with zero attached hydrogens (tertiary/aromatic N) is 4. The fourth-order valence-electron chi connectivity index (χ4n) is 1.33. The van der Waals surface area contributed by atoms with Crippen LogP contribution < -0.4 is 16.6 Å². The molecule has 0 atom stereocenters. The summed E-state index contributed by atoms with van der Waals surface area (Å²) in [5, 5.41) is 6.65. The molecule has 0 aromatic carbocycles. The molecule has 4 N–H and O–H groups in total. The molecule has 8 nitrogen and oxygen atoms in total. The Hall–Kier alpha value is -2.22. The van der Waals surface area contributed by atoms with Crippen LogP contribution in [-0.4, -0.2) is 26.7 Å². The third-order valence-corrected chi connectivity index (χ3v) is 2.04. The van der Waals surface area contributed by atoms with Crippen molar-refractivity contribution in [3.05, 3.63) is 24.0 Å². The molecule has 0 bridgehead atoms. The standard InChI is InChI=1S/C9H13N7O/c1-6-4-7(15-9(14-6)16-10)11-3-2-8-12-5-13-17-8/h4-5H,2-3,10H2,1H3,(H2,11,14,15,16). The van der Waals surface area contributed by atoms with Crippen molar-refractivity contribution in [1.82, 2.24) is 20.1 Å². The number of aryl methyl sites for hydroxylation is 1. The molecule has 0 aliphatic rings. The van der Waals surface area contributed by atoms with Gasteiger partial charge in [0.15, 0.2) is 6.33 Å². The second-order valence-electron chi connectivity index (χ2n) is 3.37. The van der Waals surface area contributed by atoms with Crippen molar-refractivity contribution in [3.63, 3.8) is 0 Å². The maximum Gasteiger partial charge on any atom is 0.239 e. The molecule has 0 aliphatic carbocycles. The van der Waals surface area contributed by atoms with Gasteiger partial charge in [0.05, 0.1) is 0 Å². The number of nitrogen functional groups attached to an aromatic ring is 1. The van der Waals surface area contributed by atoms with Gasteiger partial charge < -0.3 is 9.84 Å². The number of hydrogen-bond acceptors (Lipinski definition) is 8. The second kappa shape index (κ2) is 5.21. The zero-order valence-electron chi connectivity index (χ0n) is 9.34. The molecule has 0 aliphatic heterocycles. The zero-order valence-corrected chi connectivity index (χ0v) is 9.34. The number of hydrogen-bond donors (Lipinski definition) is 3. The fourth-order valence-corrected chi connectivity index (χ4v) is 1.33. The molecular formula is C9H13N7O. The van der Waals surface area contributed by atoms with Crippen LogP contribution in [0.3, 0.4) is 0 Å². The summed E-state index contributed by atoms with van der Waals surface area (Å²) in [5.74, 6) is 6.92. The van der Waals surface area contributed by atoms with E-state index in [4.69, 9.17) is 10.4 Å². The lowest BCUT2D eigenvalue weighted by molar-refractivity contribution is 0.379. The van der Waals surface area contributed by atoms with E-state index in [-0.39, 0.29) is 0 Å². The van der Waals surface area contributed by atoms with E-state index in [9.17, 15) is 0 Å². The van der Waals surface area contributed by atoms with Crippen LogP contribution in [0.25, 0.3) is 0 Å². The van der Waals surface area contributed by atoms with Crippen LogP contribution in [0, 0.1) is 6.92 Å². The Morgan fingerprint density at radius 2 is 2.29 bits per heavy atom. The first-order valence-corrected chi connectivity index (χ1v) is 5.09. The number of rotatable bonds is 5. The van der Waals surface area contributed by atoms with E-state index in [1.807, 2.05) is 13.0 Å². The van der Waals surface area contributed by atoms with Crippen molar-refractivity contribution in [1.29, 1.82) is 0 Å². The smallest absolute Gasteiger partial charge is 0.239 e. The van der Waals surface area contributed by atoms with Crippen molar-refractivity contribution in [2.24, 2.45) is 5.84 Å². The molecule has 2 aromatic rings. The normalized spacial score (nSPS) is 10.2. The lowest BCUT2D eigenvalue weighted by Crippen LogP contribution is -2.13. The summed E-state index contributed by atoms with van der Waals surface area (Å²) in [6, 6.07) is 1.83. The van der Waals surface area contributed by atoms with Gasteiger partial charge in [-0.3, -0.25) is 5.43 Å². The van der Waals surface area contributed by atoms with Crippen LogP contribution in [0.15, 0.2) is 16.9 Å². The lowest BCUT2D eigenvalue weighted by atomic mass is 10.4. The quantitative estimate of drug-likeness (QED) is 0.494. The maximum absolute atomic E-state index is 5.26. The van der Waals surface area contributed by atoms with Crippen molar-refractivity contribution in [3.8, 4) is 0 Å². The highest BCUT2D eigenvalue weighted by molar-refractivity contribution is 5.41. The zero-order chi connectivity index (χ0) is 12.1. The molecule has 0 amide bonds. The third kappa shape index (κ3) is 3.11. The highest BCUT2D eigenvalue weighted by Gasteiger charge is 2.02. The second-order valence-corrected chi connectivity index (χ2v) is 3.37. The molecule has 2 rings (SSSR count). The van der Waals surface area contributed by atoms with Gasteiger partial charge in [-0.15, -0.1) is 0 Å². The Kier molecular flexibility index (Phi) is 3.46. The van der Waals surface area contributed by atoms with Crippen LogP contribution in [0.2, 0.25) is 0 Å². The Morgan fingerprint density at radius 1 is 1.41 bits per heavy atom. The number of nitrogens with one attached hydrogen (secondary N) is 2. The minimum atomic E-state index is 0.380. The summed E-state index contributed by atoms with van der Waals surface area (Å²) >= 11 is 0. The predicted molar refractivity (Wildman–Crippen MR) is 61.1 cm³/mol. The summed E-state index contributed by atoms with van der Waals surface area (Å²) in [6.07, 6.45) is 2.01.